The Balaban J connectivity index is 2.16. The number of carbonyl (C=O) groups excluding carboxylic acids is 1. The minimum absolute atomic E-state index is 0.214. The summed E-state index contributed by atoms with van der Waals surface area (Å²) in [4.78, 5) is 12.4. The van der Waals surface area contributed by atoms with Crippen LogP contribution in [0.1, 0.15) is 54.5 Å². The first kappa shape index (κ1) is 17.3. The van der Waals surface area contributed by atoms with E-state index in [0.29, 0.717) is 20.2 Å². The number of hydrogen-bond acceptors (Lipinski definition) is 2. The molecule has 1 unspecified atom stereocenters. The van der Waals surface area contributed by atoms with Gasteiger partial charge < -0.3 is 5.32 Å². The average molecular weight is 405 g/mol. The van der Waals surface area contributed by atoms with Crippen molar-refractivity contribution in [3.8, 4) is 0 Å². The van der Waals surface area contributed by atoms with E-state index in [1.54, 1.807) is 12.1 Å². The number of benzene rings is 1. The summed E-state index contributed by atoms with van der Waals surface area (Å²) < 4.78 is 0.696. The Labute approximate surface area is 147 Å². The zero-order chi connectivity index (χ0) is 16.4. The second-order valence-electron chi connectivity index (χ2n) is 5.32. The van der Waals surface area contributed by atoms with Crippen LogP contribution in [0.3, 0.4) is 0 Å². The molecule has 0 aliphatic carbocycles. The van der Waals surface area contributed by atoms with E-state index in [0.717, 1.165) is 11.3 Å². The van der Waals surface area contributed by atoms with E-state index in [2.05, 4.69) is 31.4 Å². The standard InChI is InChI=1S/C15H16BrCl2N3O/c1-7(2)13-12(16)14(21-20-13)15(22)19-8(3)9-4-5-10(17)11(18)6-9/h4-8H,1-3H3,(H,19,22)(H,20,21). The lowest BCUT2D eigenvalue weighted by Gasteiger charge is -2.14. The number of aromatic amines is 1. The second-order valence-corrected chi connectivity index (χ2v) is 6.93. The Morgan fingerprint density at radius 2 is 1.95 bits per heavy atom. The molecular weight excluding hydrogens is 389 g/mol. The first-order chi connectivity index (χ1) is 10.3. The number of amides is 1. The summed E-state index contributed by atoms with van der Waals surface area (Å²) in [6.07, 6.45) is 0. The van der Waals surface area contributed by atoms with Gasteiger partial charge in [-0.3, -0.25) is 9.89 Å². The Hall–Kier alpha value is -1.04. The topological polar surface area (TPSA) is 57.8 Å². The minimum Gasteiger partial charge on any atom is -0.344 e. The molecule has 7 heteroatoms. The molecule has 2 aromatic rings. The largest absolute Gasteiger partial charge is 0.344 e. The van der Waals surface area contributed by atoms with Crippen molar-refractivity contribution in [3.63, 3.8) is 0 Å². The molecular formula is C15H16BrCl2N3O. The molecule has 1 aromatic heterocycles. The fourth-order valence-electron chi connectivity index (χ4n) is 2.00. The molecule has 0 aliphatic rings. The third kappa shape index (κ3) is 3.65. The van der Waals surface area contributed by atoms with Crippen LogP contribution in [0.5, 0.6) is 0 Å². The number of carbonyl (C=O) groups is 1. The lowest BCUT2D eigenvalue weighted by molar-refractivity contribution is 0.0934. The monoisotopic (exact) mass is 403 g/mol. The lowest BCUT2D eigenvalue weighted by atomic mass is 10.1. The van der Waals surface area contributed by atoms with Gasteiger partial charge in [-0.2, -0.15) is 5.10 Å². The molecule has 0 aliphatic heterocycles. The number of rotatable bonds is 4. The SMILES string of the molecule is CC(C)c1[nH]nc(C(=O)NC(C)c2ccc(Cl)c(Cl)c2)c1Br. The summed E-state index contributed by atoms with van der Waals surface area (Å²) in [5.74, 6) is -0.00971. The molecule has 0 fully saturated rings. The van der Waals surface area contributed by atoms with Gasteiger partial charge >= 0.3 is 0 Å². The number of hydrogen-bond donors (Lipinski definition) is 2. The summed E-state index contributed by atoms with van der Waals surface area (Å²) in [5, 5.41) is 10.8. The van der Waals surface area contributed by atoms with Crippen molar-refractivity contribution in [1.82, 2.24) is 15.5 Å². The van der Waals surface area contributed by atoms with Crippen molar-refractivity contribution in [2.75, 3.05) is 0 Å². The van der Waals surface area contributed by atoms with Crippen LogP contribution in [0.2, 0.25) is 10.0 Å². The fourth-order valence-corrected chi connectivity index (χ4v) is 3.13. The van der Waals surface area contributed by atoms with Crippen LogP contribution in [0, 0.1) is 0 Å². The third-order valence-corrected chi connectivity index (χ3v) is 4.86. The summed E-state index contributed by atoms with van der Waals surface area (Å²) >= 11 is 15.3. The van der Waals surface area contributed by atoms with E-state index >= 15 is 0 Å². The summed E-state index contributed by atoms with van der Waals surface area (Å²) in [6.45, 7) is 5.93. The van der Waals surface area contributed by atoms with E-state index < -0.39 is 0 Å². The number of nitrogens with one attached hydrogen (secondary N) is 2. The molecule has 0 radical (unpaired) electrons. The zero-order valence-electron chi connectivity index (χ0n) is 12.4. The summed E-state index contributed by atoms with van der Waals surface area (Å²) in [7, 11) is 0. The smallest absolute Gasteiger partial charge is 0.273 e. The van der Waals surface area contributed by atoms with Crippen LogP contribution in [-0.2, 0) is 0 Å². The van der Waals surface area contributed by atoms with E-state index in [1.165, 1.54) is 0 Å². The predicted molar refractivity (Wildman–Crippen MR) is 92.7 cm³/mol. The van der Waals surface area contributed by atoms with Crippen LogP contribution in [0.15, 0.2) is 22.7 Å². The molecule has 0 spiro atoms. The zero-order valence-corrected chi connectivity index (χ0v) is 15.5. The van der Waals surface area contributed by atoms with Crippen LogP contribution in [0.4, 0.5) is 0 Å². The molecule has 1 aromatic carbocycles. The highest BCUT2D eigenvalue weighted by molar-refractivity contribution is 9.10. The predicted octanol–water partition coefficient (Wildman–Crippen LogP) is 5.09. The van der Waals surface area contributed by atoms with Gasteiger partial charge in [0, 0.05) is 0 Å². The molecule has 0 saturated heterocycles. The summed E-state index contributed by atoms with van der Waals surface area (Å²) in [5.41, 5.74) is 2.11. The first-order valence-corrected chi connectivity index (χ1v) is 8.35. The number of H-pyrrole nitrogens is 1. The number of halogens is 3. The molecule has 2 rings (SSSR count). The molecule has 0 saturated carbocycles. The first-order valence-electron chi connectivity index (χ1n) is 6.80. The van der Waals surface area contributed by atoms with Crippen molar-refractivity contribution < 1.29 is 4.79 Å². The second kappa shape index (κ2) is 7.02. The van der Waals surface area contributed by atoms with Gasteiger partial charge in [0.2, 0.25) is 0 Å². The van der Waals surface area contributed by atoms with Gasteiger partial charge in [-0.1, -0.05) is 43.1 Å². The highest BCUT2D eigenvalue weighted by Gasteiger charge is 2.21. The molecule has 1 atom stereocenters. The molecule has 2 N–H and O–H groups in total. The van der Waals surface area contributed by atoms with Gasteiger partial charge in [-0.05, 0) is 46.5 Å². The molecule has 4 nitrogen and oxygen atoms in total. The maximum atomic E-state index is 12.4. The van der Waals surface area contributed by atoms with E-state index in [1.807, 2.05) is 26.8 Å². The molecule has 1 amide bonds. The van der Waals surface area contributed by atoms with E-state index in [-0.39, 0.29) is 17.9 Å². The van der Waals surface area contributed by atoms with Crippen LogP contribution in [0.25, 0.3) is 0 Å². The van der Waals surface area contributed by atoms with Gasteiger partial charge in [0.05, 0.1) is 26.3 Å². The Morgan fingerprint density at radius 1 is 1.27 bits per heavy atom. The Morgan fingerprint density at radius 3 is 2.50 bits per heavy atom. The van der Waals surface area contributed by atoms with E-state index in [9.17, 15) is 4.79 Å². The Bertz CT molecular complexity index is 700. The minimum atomic E-state index is -0.256. The quantitative estimate of drug-likeness (QED) is 0.745. The van der Waals surface area contributed by atoms with Gasteiger partial charge in [0.25, 0.3) is 5.91 Å². The van der Waals surface area contributed by atoms with Gasteiger partial charge in [-0.25, -0.2) is 0 Å². The summed E-state index contributed by atoms with van der Waals surface area (Å²) in [6, 6.07) is 5.07. The number of aromatic nitrogens is 2. The van der Waals surface area contributed by atoms with Crippen molar-refractivity contribution >= 4 is 45.0 Å². The highest BCUT2D eigenvalue weighted by atomic mass is 79.9. The lowest BCUT2D eigenvalue weighted by Crippen LogP contribution is -2.27. The maximum Gasteiger partial charge on any atom is 0.273 e. The maximum absolute atomic E-state index is 12.4. The third-order valence-electron chi connectivity index (χ3n) is 3.32. The van der Waals surface area contributed by atoms with Crippen molar-refractivity contribution in [3.05, 3.63) is 49.7 Å². The van der Waals surface area contributed by atoms with E-state index in [4.69, 9.17) is 23.2 Å². The molecule has 0 bridgehead atoms. The van der Waals surface area contributed by atoms with Gasteiger partial charge in [-0.15, -0.1) is 0 Å². The van der Waals surface area contributed by atoms with Crippen molar-refractivity contribution in [1.29, 1.82) is 0 Å². The molecule has 1 heterocycles. The van der Waals surface area contributed by atoms with Gasteiger partial charge in [0.1, 0.15) is 0 Å². The van der Waals surface area contributed by atoms with Crippen molar-refractivity contribution in [2.24, 2.45) is 0 Å². The average Bonchev–Trinajstić information content (AvgIpc) is 2.83. The molecule has 118 valence electrons. The van der Waals surface area contributed by atoms with Crippen LogP contribution < -0.4 is 5.32 Å². The molecule has 22 heavy (non-hydrogen) atoms. The van der Waals surface area contributed by atoms with Crippen molar-refractivity contribution in [2.45, 2.75) is 32.7 Å². The van der Waals surface area contributed by atoms with Crippen LogP contribution in [-0.4, -0.2) is 16.1 Å². The van der Waals surface area contributed by atoms with Gasteiger partial charge in [0.15, 0.2) is 5.69 Å². The van der Waals surface area contributed by atoms with Crippen LogP contribution >= 0.6 is 39.1 Å². The Kier molecular flexibility index (Phi) is 5.53. The normalized spacial score (nSPS) is 12.5. The fraction of sp³-hybridized carbons (Fsp3) is 0.333. The highest BCUT2D eigenvalue weighted by Crippen LogP contribution is 2.27. The number of nitrogens with zero attached hydrogens (tertiary/aromatic N) is 1.